The maximum absolute atomic E-state index is 12.3. The van der Waals surface area contributed by atoms with Crippen molar-refractivity contribution in [3.63, 3.8) is 0 Å². The van der Waals surface area contributed by atoms with E-state index in [1.54, 1.807) is 4.68 Å². The van der Waals surface area contributed by atoms with Gasteiger partial charge >= 0.3 is 0 Å². The molecule has 0 aliphatic heterocycles. The van der Waals surface area contributed by atoms with Crippen LogP contribution in [-0.2, 0) is 17.3 Å². The van der Waals surface area contributed by atoms with Crippen molar-refractivity contribution in [1.82, 2.24) is 15.1 Å². The van der Waals surface area contributed by atoms with Crippen molar-refractivity contribution in [2.75, 3.05) is 6.54 Å². The van der Waals surface area contributed by atoms with Crippen LogP contribution in [0.5, 0.6) is 0 Å². The number of aliphatic hydroxyl groups is 1. The molecule has 1 amide bonds. The van der Waals surface area contributed by atoms with Gasteiger partial charge in [0, 0.05) is 25.7 Å². The van der Waals surface area contributed by atoms with Gasteiger partial charge in [0.2, 0.25) is 5.91 Å². The second kappa shape index (κ2) is 6.64. The monoisotopic (exact) mass is 341 g/mol. The molecule has 0 radical (unpaired) electrons. The average Bonchev–Trinajstić information content (AvgIpc) is 3.26. The number of carbonyl (C=O) groups excluding carboxylic acids is 1. The summed E-state index contributed by atoms with van der Waals surface area (Å²) in [6, 6.07) is 7.96. The molecule has 0 bridgehead atoms. The van der Waals surface area contributed by atoms with Gasteiger partial charge in [0.15, 0.2) is 0 Å². The molecule has 134 valence electrons. The number of rotatable bonds is 5. The highest BCUT2D eigenvalue weighted by Gasteiger charge is 2.44. The summed E-state index contributed by atoms with van der Waals surface area (Å²) in [6.45, 7) is 6.72. The van der Waals surface area contributed by atoms with Crippen LogP contribution in [0.4, 0.5) is 0 Å². The Morgan fingerprint density at radius 1 is 1.36 bits per heavy atom. The lowest BCUT2D eigenvalue weighted by Crippen LogP contribution is -2.30. The molecule has 3 atom stereocenters. The molecule has 1 aliphatic rings. The fraction of sp³-hybridized carbons (Fsp3) is 0.500. The number of hydrogen-bond donors (Lipinski definition) is 2. The number of amides is 1. The van der Waals surface area contributed by atoms with Crippen LogP contribution in [0.25, 0.3) is 0 Å². The topological polar surface area (TPSA) is 67.2 Å². The van der Waals surface area contributed by atoms with Crippen molar-refractivity contribution >= 4 is 5.91 Å². The zero-order valence-electron chi connectivity index (χ0n) is 15.4. The van der Waals surface area contributed by atoms with Crippen molar-refractivity contribution in [2.24, 2.45) is 13.0 Å². The number of nitrogens with zero attached hydrogens (tertiary/aromatic N) is 2. The molecule has 1 aliphatic carbocycles. The minimum atomic E-state index is -0.687. The van der Waals surface area contributed by atoms with E-state index in [4.69, 9.17) is 0 Å². The SMILES string of the molecule is Cn1cc([C@@H]2C[C@H]2C(=O)NC[C@H](O)c2ccc(C(C)(C)C)cc2)cn1. The lowest BCUT2D eigenvalue weighted by molar-refractivity contribution is -0.122. The first kappa shape index (κ1) is 17.7. The maximum Gasteiger partial charge on any atom is 0.223 e. The third-order valence-corrected chi connectivity index (χ3v) is 4.91. The van der Waals surface area contributed by atoms with Gasteiger partial charge < -0.3 is 10.4 Å². The summed E-state index contributed by atoms with van der Waals surface area (Å²) in [6.07, 6.45) is 3.95. The van der Waals surface area contributed by atoms with Crippen molar-refractivity contribution in [1.29, 1.82) is 0 Å². The summed E-state index contributed by atoms with van der Waals surface area (Å²) < 4.78 is 1.76. The lowest BCUT2D eigenvalue weighted by Gasteiger charge is -2.20. The molecule has 5 heteroatoms. The molecule has 3 rings (SSSR count). The number of aliphatic hydroxyl groups excluding tert-OH is 1. The van der Waals surface area contributed by atoms with Gasteiger partial charge in [-0.25, -0.2) is 0 Å². The van der Waals surface area contributed by atoms with E-state index in [0.29, 0.717) is 0 Å². The molecule has 5 nitrogen and oxygen atoms in total. The number of aromatic nitrogens is 2. The van der Waals surface area contributed by atoms with E-state index in [1.807, 2.05) is 43.7 Å². The molecule has 0 spiro atoms. The predicted molar refractivity (Wildman–Crippen MR) is 97.2 cm³/mol. The summed E-state index contributed by atoms with van der Waals surface area (Å²) in [5, 5.41) is 17.4. The minimum absolute atomic E-state index is 0.000309. The molecule has 2 aromatic rings. The first-order valence-electron chi connectivity index (χ1n) is 8.80. The molecular formula is C20H27N3O2. The Balaban J connectivity index is 1.51. The lowest BCUT2D eigenvalue weighted by atomic mass is 9.86. The number of carbonyl (C=O) groups is 1. The highest BCUT2D eigenvalue weighted by atomic mass is 16.3. The maximum atomic E-state index is 12.3. The Morgan fingerprint density at radius 3 is 2.60 bits per heavy atom. The molecule has 1 fully saturated rings. The first-order valence-corrected chi connectivity index (χ1v) is 8.80. The van der Waals surface area contributed by atoms with Crippen molar-refractivity contribution < 1.29 is 9.90 Å². The Labute approximate surface area is 149 Å². The van der Waals surface area contributed by atoms with Gasteiger partial charge in [-0.2, -0.15) is 5.10 Å². The zero-order chi connectivity index (χ0) is 18.2. The smallest absolute Gasteiger partial charge is 0.223 e. The van der Waals surface area contributed by atoms with E-state index in [1.165, 1.54) is 5.56 Å². The highest BCUT2D eigenvalue weighted by molar-refractivity contribution is 5.82. The standard InChI is InChI=1S/C20H27N3O2/c1-20(2,3)15-7-5-13(6-8-15)18(24)11-21-19(25)17-9-16(17)14-10-22-23(4)12-14/h5-8,10,12,16-18,24H,9,11H2,1-4H3,(H,21,25)/t16-,17+,18-/m0/s1. The zero-order valence-corrected chi connectivity index (χ0v) is 15.4. The van der Waals surface area contributed by atoms with Crippen LogP contribution >= 0.6 is 0 Å². The van der Waals surface area contributed by atoms with Gasteiger partial charge in [0.05, 0.1) is 12.3 Å². The summed E-state index contributed by atoms with van der Waals surface area (Å²) in [7, 11) is 1.88. The molecule has 1 heterocycles. The Kier molecular flexibility index (Phi) is 4.69. The van der Waals surface area contributed by atoms with Crippen LogP contribution in [-0.4, -0.2) is 27.3 Å². The van der Waals surface area contributed by atoms with Crippen LogP contribution in [0.3, 0.4) is 0 Å². The predicted octanol–water partition coefficient (Wildman–Crippen LogP) is 2.67. The highest BCUT2D eigenvalue weighted by Crippen LogP contribution is 2.47. The van der Waals surface area contributed by atoms with Crippen LogP contribution in [0.1, 0.15) is 55.9 Å². The number of aryl methyl sites for hydroxylation is 1. The Bertz CT molecular complexity index is 743. The molecule has 1 saturated carbocycles. The molecular weight excluding hydrogens is 314 g/mol. The Morgan fingerprint density at radius 2 is 2.04 bits per heavy atom. The largest absolute Gasteiger partial charge is 0.387 e. The van der Waals surface area contributed by atoms with Gasteiger partial charge in [-0.1, -0.05) is 45.0 Å². The van der Waals surface area contributed by atoms with Gasteiger partial charge in [0.25, 0.3) is 0 Å². The third-order valence-electron chi connectivity index (χ3n) is 4.91. The van der Waals surface area contributed by atoms with Gasteiger partial charge in [0.1, 0.15) is 0 Å². The van der Waals surface area contributed by atoms with E-state index in [0.717, 1.165) is 17.5 Å². The summed E-state index contributed by atoms with van der Waals surface area (Å²) in [5.74, 6) is 0.274. The number of hydrogen-bond acceptors (Lipinski definition) is 3. The van der Waals surface area contributed by atoms with Crippen LogP contribution in [0.15, 0.2) is 36.7 Å². The number of nitrogens with one attached hydrogen (secondary N) is 1. The third kappa shape index (κ3) is 4.10. The van der Waals surface area contributed by atoms with Crippen LogP contribution in [0, 0.1) is 5.92 Å². The second-order valence-corrected chi connectivity index (χ2v) is 8.03. The van der Waals surface area contributed by atoms with Crippen molar-refractivity contribution in [2.45, 2.75) is 44.6 Å². The van der Waals surface area contributed by atoms with E-state index in [-0.39, 0.29) is 29.7 Å². The van der Waals surface area contributed by atoms with Crippen LogP contribution in [0.2, 0.25) is 0 Å². The molecule has 1 aromatic carbocycles. The van der Waals surface area contributed by atoms with Gasteiger partial charge in [-0.15, -0.1) is 0 Å². The van der Waals surface area contributed by atoms with E-state index in [9.17, 15) is 9.90 Å². The van der Waals surface area contributed by atoms with Crippen molar-refractivity contribution in [3.8, 4) is 0 Å². The minimum Gasteiger partial charge on any atom is -0.387 e. The second-order valence-electron chi connectivity index (χ2n) is 8.03. The molecule has 0 saturated heterocycles. The average molecular weight is 341 g/mol. The molecule has 1 aromatic heterocycles. The first-order chi connectivity index (χ1) is 11.8. The fourth-order valence-corrected chi connectivity index (χ4v) is 3.14. The van der Waals surface area contributed by atoms with E-state index >= 15 is 0 Å². The summed E-state index contributed by atoms with van der Waals surface area (Å²) >= 11 is 0. The van der Waals surface area contributed by atoms with E-state index < -0.39 is 6.10 Å². The quantitative estimate of drug-likeness (QED) is 0.879. The summed E-state index contributed by atoms with van der Waals surface area (Å²) in [4.78, 5) is 12.3. The Hall–Kier alpha value is -2.14. The van der Waals surface area contributed by atoms with E-state index in [2.05, 4.69) is 31.2 Å². The number of benzene rings is 1. The molecule has 2 N–H and O–H groups in total. The van der Waals surface area contributed by atoms with Crippen LogP contribution < -0.4 is 5.32 Å². The van der Waals surface area contributed by atoms with Gasteiger partial charge in [-0.3, -0.25) is 9.48 Å². The van der Waals surface area contributed by atoms with Gasteiger partial charge in [-0.05, 0) is 34.4 Å². The fourth-order valence-electron chi connectivity index (χ4n) is 3.14. The summed E-state index contributed by atoms with van der Waals surface area (Å²) in [5.41, 5.74) is 3.25. The normalized spacial score (nSPS) is 21.0. The molecule has 0 unspecified atom stereocenters. The van der Waals surface area contributed by atoms with Crippen molar-refractivity contribution in [3.05, 3.63) is 53.3 Å². The molecule has 25 heavy (non-hydrogen) atoms.